The number of carboxylic acid groups (broad SMARTS) is 1. The van der Waals surface area contributed by atoms with E-state index < -0.39 is 5.97 Å². The molecule has 2 rings (SSSR count). The maximum absolute atomic E-state index is 10.6. The number of aliphatic carboxylic acids is 1. The van der Waals surface area contributed by atoms with Crippen molar-refractivity contribution in [3.8, 4) is 0 Å². The number of halogens is 1. The Morgan fingerprint density at radius 2 is 2.38 bits per heavy atom. The first-order valence-corrected chi connectivity index (χ1v) is 5.49. The number of rotatable bonds is 3. The molecule has 1 saturated heterocycles. The average Bonchev–Trinajstić information content (AvgIpc) is 2.66. The smallest absolute Gasteiger partial charge is 0.303 e. The summed E-state index contributed by atoms with van der Waals surface area (Å²) in [5, 5.41) is 16.8. The van der Waals surface area contributed by atoms with Crippen LogP contribution in [0.25, 0.3) is 0 Å². The second-order valence-corrected chi connectivity index (χ2v) is 4.30. The zero-order valence-corrected chi connectivity index (χ0v) is 9.39. The molecule has 5 nitrogen and oxygen atoms in total. The second-order valence-electron chi connectivity index (χ2n) is 3.91. The largest absolute Gasteiger partial charge is 0.481 e. The fourth-order valence-electron chi connectivity index (χ4n) is 1.93. The zero-order chi connectivity index (χ0) is 11.5. The van der Waals surface area contributed by atoms with Gasteiger partial charge >= 0.3 is 5.97 Å². The second kappa shape index (κ2) is 4.65. The lowest BCUT2D eigenvalue weighted by Crippen LogP contribution is -2.21. The van der Waals surface area contributed by atoms with E-state index in [1.54, 1.807) is 12.1 Å². The third-order valence-corrected chi connectivity index (χ3v) is 2.89. The summed E-state index contributed by atoms with van der Waals surface area (Å²) < 4.78 is 0. The molecule has 6 heteroatoms. The molecule has 0 aromatic carbocycles. The quantitative estimate of drug-likeness (QED) is 0.867. The van der Waals surface area contributed by atoms with Crippen molar-refractivity contribution in [3.05, 3.63) is 17.3 Å². The van der Waals surface area contributed by atoms with Crippen LogP contribution in [0.2, 0.25) is 5.15 Å². The van der Waals surface area contributed by atoms with Crippen LogP contribution >= 0.6 is 11.6 Å². The molecule has 1 unspecified atom stereocenters. The maximum Gasteiger partial charge on any atom is 0.303 e. The van der Waals surface area contributed by atoms with Gasteiger partial charge in [-0.05, 0) is 24.5 Å². The molecule has 1 aliphatic heterocycles. The summed E-state index contributed by atoms with van der Waals surface area (Å²) in [4.78, 5) is 12.6. The summed E-state index contributed by atoms with van der Waals surface area (Å²) in [6.45, 7) is 1.55. The fraction of sp³-hybridized carbons (Fsp3) is 0.500. The average molecular weight is 242 g/mol. The highest BCUT2D eigenvalue weighted by Crippen LogP contribution is 2.24. The molecule has 1 aliphatic rings. The number of hydrogen-bond acceptors (Lipinski definition) is 4. The third-order valence-electron chi connectivity index (χ3n) is 2.69. The molecular formula is C10H12ClN3O2. The summed E-state index contributed by atoms with van der Waals surface area (Å²) >= 11 is 5.65. The third kappa shape index (κ3) is 2.61. The van der Waals surface area contributed by atoms with Gasteiger partial charge in [0.25, 0.3) is 0 Å². The highest BCUT2D eigenvalue weighted by molar-refractivity contribution is 6.29. The van der Waals surface area contributed by atoms with Crippen molar-refractivity contribution in [2.75, 3.05) is 18.0 Å². The van der Waals surface area contributed by atoms with Crippen molar-refractivity contribution in [1.29, 1.82) is 0 Å². The molecule has 0 bridgehead atoms. The number of carbonyl (C=O) groups is 1. The summed E-state index contributed by atoms with van der Waals surface area (Å²) in [5.41, 5.74) is 0. The molecular weight excluding hydrogens is 230 g/mol. The van der Waals surface area contributed by atoms with E-state index in [1.807, 2.05) is 4.90 Å². The minimum Gasteiger partial charge on any atom is -0.481 e. The first kappa shape index (κ1) is 11.1. The van der Waals surface area contributed by atoms with Gasteiger partial charge in [0.2, 0.25) is 0 Å². The van der Waals surface area contributed by atoms with Crippen LogP contribution in [0.5, 0.6) is 0 Å². The Bertz CT molecular complexity index is 382. The number of nitrogens with zero attached hydrogens (tertiary/aromatic N) is 3. The lowest BCUT2D eigenvalue weighted by Gasteiger charge is -2.16. The van der Waals surface area contributed by atoms with Gasteiger partial charge < -0.3 is 10.0 Å². The highest BCUT2D eigenvalue weighted by Gasteiger charge is 2.25. The normalized spacial score (nSPS) is 20.1. The molecule has 0 spiro atoms. The number of anilines is 1. The van der Waals surface area contributed by atoms with E-state index in [0.717, 1.165) is 25.3 Å². The molecule has 1 aromatic rings. The van der Waals surface area contributed by atoms with Gasteiger partial charge in [-0.3, -0.25) is 4.79 Å². The predicted molar refractivity (Wildman–Crippen MR) is 59.6 cm³/mol. The van der Waals surface area contributed by atoms with E-state index in [2.05, 4.69) is 10.2 Å². The van der Waals surface area contributed by atoms with Gasteiger partial charge in [-0.1, -0.05) is 11.6 Å². The molecule has 0 aliphatic carbocycles. The van der Waals surface area contributed by atoms with Crippen molar-refractivity contribution in [2.45, 2.75) is 12.8 Å². The molecule has 1 atom stereocenters. The first-order chi connectivity index (χ1) is 7.65. The molecule has 86 valence electrons. The van der Waals surface area contributed by atoms with Crippen LogP contribution in [0.3, 0.4) is 0 Å². The van der Waals surface area contributed by atoms with Gasteiger partial charge in [0.1, 0.15) is 0 Å². The fourth-order valence-corrected chi connectivity index (χ4v) is 2.03. The summed E-state index contributed by atoms with van der Waals surface area (Å²) in [6.07, 6.45) is 1.11. The van der Waals surface area contributed by atoms with E-state index in [0.29, 0.717) is 5.15 Å². The van der Waals surface area contributed by atoms with Crippen LogP contribution in [0.15, 0.2) is 12.1 Å². The molecule has 1 aromatic heterocycles. The summed E-state index contributed by atoms with van der Waals surface area (Å²) in [6, 6.07) is 3.49. The van der Waals surface area contributed by atoms with Crippen LogP contribution in [-0.2, 0) is 4.79 Å². The Balaban J connectivity index is 1.98. The Hall–Kier alpha value is -1.36. The summed E-state index contributed by atoms with van der Waals surface area (Å²) in [5.74, 6) is 0.223. The van der Waals surface area contributed by atoms with E-state index in [1.165, 1.54) is 0 Å². The van der Waals surface area contributed by atoms with Crippen molar-refractivity contribution in [2.24, 2.45) is 5.92 Å². The van der Waals surface area contributed by atoms with Crippen LogP contribution < -0.4 is 4.90 Å². The highest BCUT2D eigenvalue weighted by atomic mass is 35.5. The van der Waals surface area contributed by atoms with Crippen LogP contribution in [-0.4, -0.2) is 34.4 Å². The van der Waals surface area contributed by atoms with Crippen LogP contribution in [0.4, 0.5) is 5.82 Å². The van der Waals surface area contributed by atoms with Gasteiger partial charge in [0.15, 0.2) is 11.0 Å². The van der Waals surface area contributed by atoms with Crippen LogP contribution in [0, 0.1) is 5.92 Å². The van der Waals surface area contributed by atoms with Gasteiger partial charge in [-0.2, -0.15) is 0 Å². The molecule has 1 fully saturated rings. The number of aromatic nitrogens is 2. The van der Waals surface area contributed by atoms with Crippen molar-refractivity contribution in [1.82, 2.24) is 10.2 Å². The van der Waals surface area contributed by atoms with Gasteiger partial charge in [0, 0.05) is 19.5 Å². The maximum atomic E-state index is 10.6. The zero-order valence-electron chi connectivity index (χ0n) is 8.64. The number of hydrogen-bond donors (Lipinski definition) is 1. The lowest BCUT2D eigenvalue weighted by molar-refractivity contribution is -0.137. The van der Waals surface area contributed by atoms with Crippen molar-refractivity contribution < 1.29 is 9.90 Å². The van der Waals surface area contributed by atoms with E-state index in [-0.39, 0.29) is 12.3 Å². The first-order valence-electron chi connectivity index (χ1n) is 5.11. The predicted octanol–water partition coefficient (Wildman–Crippen LogP) is 1.43. The Kier molecular flexibility index (Phi) is 3.24. The van der Waals surface area contributed by atoms with E-state index in [9.17, 15) is 4.79 Å². The minimum atomic E-state index is -0.742. The van der Waals surface area contributed by atoms with Gasteiger partial charge in [-0.25, -0.2) is 0 Å². The lowest BCUT2D eigenvalue weighted by atomic mass is 10.1. The van der Waals surface area contributed by atoms with Crippen molar-refractivity contribution >= 4 is 23.4 Å². The molecule has 0 saturated carbocycles. The molecule has 0 radical (unpaired) electrons. The van der Waals surface area contributed by atoms with Crippen molar-refractivity contribution in [3.63, 3.8) is 0 Å². The Morgan fingerprint density at radius 1 is 1.56 bits per heavy atom. The van der Waals surface area contributed by atoms with Gasteiger partial charge in [0.05, 0.1) is 0 Å². The van der Waals surface area contributed by atoms with Gasteiger partial charge in [-0.15, -0.1) is 10.2 Å². The Morgan fingerprint density at radius 3 is 3.00 bits per heavy atom. The monoisotopic (exact) mass is 241 g/mol. The minimum absolute atomic E-state index is 0.204. The molecule has 0 amide bonds. The Labute approximate surface area is 98.0 Å². The SMILES string of the molecule is O=C(O)CC1CCN(c2ccc(Cl)nn2)C1. The number of carboxylic acids is 1. The topological polar surface area (TPSA) is 66.3 Å². The van der Waals surface area contributed by atoms with Crippen LogP contribution in [0.1, 0.15) is 12.8 Å². The molecule has 2 heterocycles. The standard InChI is InChI=1S/C10H12ClN3O2/c11-8-1-2-9(13-12-8)14-4-3-7(6-14)5-10(15)16/h1-2,7H,3-6H2,(H,15,16). The summed E-state index contributed by atoms with van der Waals surface area (Å²) in [7, 11) is 0. The van der Waals surface area contributed by atoms with E-state index >= 15 is 0 Å². The molecule has 16 heavy (non-hydrogen) atoms. The molecule has 1 N–H and O–H groups in total. The van der Waals surface area contributed by atoms with E-state index in [4.69, 9.17) is 16.7 Å².